The fourth-order valence-electron chi connectivity index (χ4n) is 2.92. The molecule has 0 bridgehead atoms. The van der Waals surface area contributed by atoms with Gasteiger partial charge in [0.2, 0.25) is 11.8 Å². The predicted octanol–water partition coefficient (Wildman–Crippen LogP) is 5.97. The van der Waals surface area contributed by atoms with Crippen molar-refractivity contribution in [2.24, 2.45) is 5.92 Å². The first-order chi connectivity index (χ1) is 14.7. The van der Waals surface area contributed by atoms with Crippen molar-refractivity contribution in [3.8, 4) is 0 Å². The van der Waals surface area contributed by atoms with Crippen molar-refractivity contribution in [3.63, 3.8) is 0 Å². The molecule has 0 unspecified atom stereocenters. The van der Waals surface area contributed by atoms with Gasteiger partial charge in [0.05, 0.1) is 0 Å². The van der Waals surface area contributed by atoms with Crippen molar-refractivity contribution in [1.82, 2.24) is 10.2 Å². The zero-order valence-corrected chi connectivity index (χ0v) is 20.8. The molecule has 1 N–H and O–H groups in total. The van der Waals surface area contributed by atoms with Gasteiger partial charge >= 0.3 is 0 Å². The van der Waals surface area contributed by atoms with Gasteiger partial charge in [-0.15, -0.1) is 11.8 Å². The molecule has 0 spiro atoms. The van der Waals surface area contributed by atoms with Crippen LogP contribution in [0.1, 0.15) is 38.3 Å². The van der Waals surface area contributed by atoms with Crippen LogP contribution in [0.25, 0.3) is 0 Å². The predicted molar refractivity (Wildman–Crippen MR) is 131 cm³/mol. The second-order valence-electron chi connectivity index (χ2n) is 7.95. The fraction of sp³-hybridized carbons (Fsp3) is 0.417. The summed E-state index contributed by atoms with van der Waals surface area (Å²) < 4.78 is 0. The first-order valence-electron chi connectivity index (χ1n) is 10.4. The fourth-order valence-corrected chi connectivity index (χ4v) is 4.28. The number of thioether (sulfide) groups is 1. The van der Waals surface area contributed by atoms with E-state index in [2.05, 4.69) is 17.4 Å². The van der Waals surface area contributed by atoms with Crippen molar-refractivity contribution in [1.29, 1.82) is 0 Å². The first kappa shape index (κ1) is 25.6. The minimum absolute atomic E-state index is 0.109. The Morgan fingerprint density at radius 2 is 1.65 bits per heavy atom. The molecule has 4 nitrogen and oxygen atoms in total. The number of rotatable bonds is 10. The van der Waals surface area contributed by atoms with Crippen molar-refractivity contribution >= 4 is 46.8 Å². The zero-order valence-electron chi connectivity index (χ0n) is 18.5. The third-order valence-corrected chi connectivity index (χ3v) is 6.57. The molecule has 0 saturated carbocycles. The van der Waals surface area contributed by atoms with Gasteiger partial charge in [-0.05, 0) is 44.0 Å². The molecule has 31 heavy (non-hydrogen) atoms. The van der Waals surface area contributed by atoms with Crippen molar-refractivity contribution in [2.45, 2.75) is 51.6 Å². The SMILES string of the molecule is Cc1ccc(SCCC(=O)N(Cc2c(Cl)cccc2Cl)[C@@H](C)C(=O)NCC(C)C)cc1. The average molecular weight is 481 g/mol. The summed E-state index contributed by atoms with van der Waals surface area (Å²) in [6, 6.07) is 12.8. The van der Waals surface area contributed by atoms with Crippen LogP contribution in [0.2, 0.25) is 10.0 Å². The summed E-state index contributed by atoms with van der Waals surface area (Å²) in [7, 11) is 0. The maximum atomic E-state index is 13.1. The van der Waals surface area contributed by atoms with E-state index >= 15 is 0 Å². The van der Waals surface area contributed by atoms with Gasteiger partial charge < -0.3 is 10.2 Å². The Morgan fingerprint density at radius 3 is 2.23 bits per heavy atom. The lowest BCUT2D eigenvalue weighted by Crippen LogP contribution is -2.48. The third kappa shape index (κ3) is 8.06. The molecule has 0 saturated heterocycles. The summed E-state index contributed by atoms with van der Waals surface area (Å²) in [5, 5.41) is 3.88. The van der Waals surface area contributed by atoms with Gasteiger partial charge in [-0.25, -0.2) is 0 Å². The number of hydrogen-bond acceptors (Lipinski definition) is 3. The van der Waals surface area contributed by atoms with Crippen molar-refractivity contribution in [3.05, 3.63) is 63.6 Å². The molecule has 0 aromatic heterocycles. The number of nitrogens with zero attached hydrogens (tertiary/aromatic N) is 1. The number of carbonyl (C=O) groups is 2. The molecule has 168 valence electrons. The molecule has 2 amide bonds. The summed E-state index contributed by atoms with van der Waals surface area (Å²) in [5.41, 5.74) is 1.85. The first-order valence-corrected chi connectivity index (χ1v) is 12.1. The number of amides is 2. The number of halogens is 2. The highest BCUT2D eigenvalue weighted by atomic mass is 35.5. The third-order valence-electron chi connectivity index (χ3n) is 4.85. The van der Waals surface area contributed by atoms with Crippen LogP contribution >= 0.6 is 35.0 Å². The summed E-state index contributed by atoms with van der Waals surface area (Å²) in [4.78, 5) is 28.5. The molecule has 2 aromatic carbocycles. The number of benzene rings is 2. The van der Waals surface area contributed by atoms with E-state index in [4.69, 9.17) is 23.2 Å². The van der Waals surface area contributed by atoms with Crippen LogP contribution in [-0.4, -0.2) is 35.1 Å². The number of carbonyl (C=O) groups excluding carboxylic acids is 2. The lowest BCUT2D eigenvalue weighted by molar-refractivity contribution is -0.140. The number of aryl methyl sites for hydroxylation is 1. The number of hydrogen-bond donors (Lipinski definition) is 1. The minimum Gasteiger partial charge on any atom is -0.354 e. The van der Waals surface area contributed by atoms with Gasteiger partial charge in [0.25, 0.3) is 0 Å². The highest BCUT2D eigenvalue weighted by Crippen LogP contribution is 2.27. The second-order valence-corrected chi connectivity index (χ2v) is 9.93. The van der Waals surface area contributed by atoms with Crippen LogP contribution in [-0.2, 0) is 16.1 Å². The lowest BCUT2D eigenvalue weighted by atomic mass is 10.1. The molecular weight excluding hydrogens is 451 g/mol. The highest BCUT2D eigenvalue weighted by molar-refractivity contribution is 7.99. The molecule has 0 aliphatic carbocycles. The van der Waals surface area contributed by atoms with Gasteiger partial charge in [-0.1, -0.05) is 60.8 Å². The van der Waals surface area contributed by atoms with Crippen LogP contribution in [0.3, 0.4) is 0 Å². The van der Waals surface area contributed by atoms with Crippen molar-refractivity contribution < 1.29 is 9.59 Å². The van der Waals surface area contributed by atoms with Crippen LogP contribution in [0.5, 0.6) is 0 Å². The van der Waals surface area contributed by atoms with Gasteiger partial charge in [0.15, 0.2) is 0 Å². The average Bonchev–Trinajstić information content (AvgIpc) is 2.72. The van der Waals surface area contributed by atoms with Crippen LogP contribution in [0, 0.1) is 12.8 Å². The monoisotopic (exact) mass is 480 g/mol. The van der Waals surface area contributed by atoms with Gasteiger partial charge in [-0.2, -0.15) is 0 Å². The van der Waals surface area contributed by atoms with E-state index in [9.17, 15) is 9.59 Å². The van der Waals surface area contributed by atoms with E-state index in [1.807, 2.05) is 32.9 Å². The van der Waals surface area contributed by atoms with Gasteiger partial charge in [0, 0.05) is 45.8 Å². The molecule has 0 aliphatic heterocycles. The van der Waals surface area contributed by atoms with E-state index in [1.165, 1.54) is 5.56 Å². The molecule has 0 fully saturated rings. The van der Waals surface area contributed by atoms with Gasteiger partial charge in [-0.3, -0.25) is 9.59 Å². The maximum absolute atomic E-state index is 13.1. The lowest BCUT2D eigenvalue weighted by Gasteiger charge is -2.29. The summed E-state index contributed by atoms with van der Waals surface area (Å²) >= 11 is 14.3. The Hall–Kier alpha value is -1.69. The summed E-state index contributed by atoms with van der Waals surface area (Å²) in [5.74, 6) is 0.651. The van der Waals surface area contributed by atoms with E-state index in [1.54, 1.807) is 41.8 Å². The smallest absolute Gasteiger partial charge is 0.242 e. The molecule has 0 radical (unpaired) electrons. The largest absolute Gasteiger partial charge is 0.354 e. The molecule has 1 atom stereocenters. The zero-order chi connectivity index (χ0) is 23.0. The summed E-state index contributed by atoms with van der Waals surface area (Å²) in [6.07, 6.45) is 0.308. The Kier molecular flexibility index (Phi) is 10.2. The number of nitrogens with one attached hydrogen (secondary N) is 1. The van der Waals surface area contributed by atoms with Gasteiger partial charge in [0.1, 0.15) is 6.04 Å². The van der Waals surface area contributed by atoms with Crippen LogP contribution in [0.4, 0.5) is 0 Å². The summed E-state index contributed by atoms with van der Waals surface area (Å²) in [6.45, 7) is 8.58. The molecule has 2 rings (SSSR count). The van der Waals surface area contributed by atoms with E-state index in [-0.39, 0.29) is 18.4 Å². The molecule has 2 aromatic rings. The maximum Gasteiger partial charge on any atom is 0.242 e. The quantitative estimate of drug-likeness (QED) is 0.425. The molecule has 7 heteroatoms. The van der Waals surface area contributed by atoms with Crippen LogP contribution < -0.4 is 5.32 Å². The Morgan fingerprint density at radius 1 is 1.03 bits per heavy atom. The molecular formula is C24H30Cl2N2O2S. The molecule has 0 heterocycles. The Balaban J connectivity index is 2.12. The van der Waals surface area contributed by atoms with E-state index in [0.29, 0.717) is 40.2 Å². The van der Waals surface area contributed by atoms with Crippen molar-refractivity contribution in [2.75, 3.05) is 12.3 Å². The topological polar surface area (TPSA) is 49.4 Å². The minimum atomic E-state index is -0.636. The van der Waals surface area contributed by atoms with E-state index < -0.39 is 6.04 Å². The normalized spacial score (nSPS) is 12.0. The Labute approximate surface area is 199 Å². The Bertz CT molecular complexity index is 867. The van der Waals surface area contributed by atoms with Crippen LogP contribution in [0.15, 0.2) is 47.4 Å². The van der Waals surface area contributed by atoms with E-state index in [0.717, 1.165) is 4.90 Å². The standard InChI is InChI=1S/C24H30Cl2N2O2S/c1-16(2)14-27-24(30)18(4)28(15-20-21(25)6-5-7-22(20)26)23(29)12-13-31-19-10-8-17(3)9-11-19/h5-11,16,18H,12-15H2,1-4H3,(H,27,30)/t18-/m0/s1. The second kappa shape index (κ2) is 12.4. The highest BCUT2D eigenvalue weighted by Gasteiger charge is 2.27. The molecule has 0 aliphatic rings.